The lowest BCUT2D eigenvalue weighted by Crippen LogP contribution is -2.39. The number of thiazole rings is 1. The van der Waals surface area contributed by atoms with E-state index in [2.05, 4.69) is 20.9 Å². The smallest absolute Gasteiger partial charge is 0.259 e. The van der Waals surface area contributed by atoms with Gasteiger partial charge in [-0.2, -0.15) is 15.4 Å². The van der Waals surface area contributed by atoms with Crippen LogP contribution in [0.2, 0.25) is 0 Å². The number of aromatic nitrogens is 1. The van der Waals surface area contributed by atoms with Crippen molar-refractivity contribution in [3.8, 4) is 17.3 Å². The maximum atomic E-state index is 14.1. The Morgan fingerprint density at radius 1 is 1.00 bits per heavy atom. The Morgan fingerprint density at radius 3 is 2.22 bits per heavy atom. The van der Waals surface area contributed by atoms with Gasteiger partial charge in [0, 0.05) is 21.3 Å². The monoisotopic (exact) mass is 569 g/mol. The van der Waals surface area contributed by atoms with Gasteiger partial charge in [-0.3, -0.25) is 9.59 Å². The number of amides is 2. The van der Waals surface area contributed by atoms with Crippen LogP contribution in [0.4, 0.5) is 5.13 Å². The first kappa shape index (κ1) is 24.6. The fraction of sp³-hybridized carbons (Fsp3) is 0.107. The van der Waals surface area contributed by atoms with Gasteiger partial charge in [0.2, 0.25) is 11.0 Å². The minimum Gasteiger partial charge on any atom is -0.369 e. The molecule has 7 nitrogen and oxygen atoms in total. The van der Waals surface area contributed by atoms with Crippen molar-refractivity contribution in [2.75, 3.05) is 5.01 Å². The number of nitrogens with zero attached hydrogens (tertiary/aromatic N) is 4. The molecule has 3 atom stereocenters. The van der Waals surface area contributed by atoms with Gasteiger partial charge in [0.25, 0.3) is 5.91 Å². The maximum absolute atomic E-state index is 14.1. The number of rotatable bonds is 7. The Morgan fingerprint density at radius 2 is 1.62 bits per heavy atom. The minimum atomic E-state index is -1.25. The first-order valence-electron chi connectivity index (χ1n) is 11.4. The third-order valence-electron chi connectivity index (χ3n) is 6.21. The van der Waals surface area contributed by atoms with Crippen molar-refractivity contribution in [2.45, 2.75) is 5.92 Å². The number of nitriles is 1. The van der Waals surface area contributed by atoms with Crippen LogP contribution in [0, 0.1) is 23.2 Å². The van der Waals surface area contributed by atoms with E-state index in [0.29, 0.717) is 22.0 Å². The van der Waals surface area contributed by atoms with E-state index in [1.165, 1.54) is 16.3 Å². The normalized spacial score (nSPS) is 16.6. The standard InChI is InChI=1S/C28H20BrN5O2S/c29-20-13-11-18(12-14-20)23(21(15-30)26(31)35)24-25(19-9-5-2-6-10-19)33-34(27(24)36)28-32-22(16-37-28)17-7-3-1-4-8-17/h1-14,16,21,23-24H,(H2,31,35). The van der Waals surface area contributed by atoms with E-state index in [1.807, 2.05) is 72.1 Å². The van der Waals surface area contributed by atoms with Crippen LogP contribution in [-0.2, 0) is 9.59 Å². The molecular weight excluding hydrogens is 550 g/mol. The summed E-state index contributed by atoms with van der Waals surface area (Å²) in [5.41, 5.74) is 9.14. The molecule has 2 heterocycles. The summed E-state index contributed by atoms with van der Waals surface area (Å²) in [6.07, 6.45) is 0. The second-order valence-corrected chi connectivity index (χ2v) is 10.2. The van der Waals surface area contributed by atoms with Crippen molar-refractivity contribution >= 4 is 49.9 Å². The summed E-state index contributed by atoms with van der Waals surface area (Å²) < 4.78 is 0.829. The number of carbonyl (C=O) groups excluding carboxylic acids is 2. The summed E-state index contributed by atoms with van der Waals surface area (Å²) in [5.74, 6) is -4.19. The Bertz CT molecular complexity index is 1510. The molecule has 1 aliphatic rings. The molecule has 1 aromatic heterocycles. The summed E-state index contributed by atoms with van der Waals surface area (Å²) >= 11 is 4.72. The zero-order valence-corrected chi connectivity index (χ0v) is 21.8. The van der Waals surface area contributed by atoms with Crippen molar-refractivity contribution in [1.82, 2.24) is 4.98 Å². The van der Waals surface area contributed by atoms with E-state index < -0.39 is 23.7 Å². The van der Waals surface area contributed by atoms with E-state index >= 15 is 0 Å². The van der Waals surface area contributed by atoms with Crippen LogP contribution in [0.15, 0.2) is 99.9 Å². The zero-order chi connectivity index (χ0) is 25.9. The van der Waals surface area contributed by atoms with Gasteiger partial charge in [-0.25, -0.2) is 4.98 Å². The second kappa shape index (κ2) is 10.5. The molecule has 2 N–H and O–H groups in total. The first-order chi connectivity index (χ1) is 18.0. The van der Waals surface area contributed by atoms with Crippen LogP contribution in [0.1, 0.15) is 17.0 Å². The summed E-state index contributed by atoms with van der Waals surface area (Å²) in [5, 5.41) is 18.2. The molecule has 4 aromatic rings. The topological polar surface area (TPSA) is 112 Å². The number of hydrazone groups is 1. The lowest BCUT2D eigenvalue weighted by atomic mass is 9.73. The predicted octanol–water partition coefficient (Wildman–Crippen LogP) is 5.35. The number of primary amides is 1. The van der Waals surface area contributed by atoms with Gasteiger partial charge in [0.1, 0.15) is 5.92 Å². The molecule has 37 heavy (non-hydrogen) atoms. The molecular formula is C28H20BrN5O2S. The summed E-state index contributed by atoms with van der Waals surface area (Å²) in [6.45, 7) is 0. The van der Waals surface area contributed by atoms with Crippen molar-refractivity contribution < 1.29 is 9.59 Å². The third-order valence-corrected chi connectivity index (χ3v) is 7.55. The van der Waals surface area contributed by atoms with Crippen LogP contribution >= 0.6 is 27.3 Å². The maximum Gasteiger partial charge on any atom is 0.259 e. The average molecular weight is 570 g/mol. The number of hydrogen-bond donors (Lipinski definition) is 1. The highest BCUT2D eigenvalue weighted by molar-refractivity contribution is 9.10. The quantitative estimate of drug-likeness (QED) is 0.323. The molecule has 0 saturated heterocycles. The lowest BCUT2D eigenvalue weighted by Gasteiger charge is -2.26. The molecule has 9 heteroatoms. The lowest BCUT2D eigenvalue weighted by molar-refractivity contribution is -0.123. The van der Waals surface area contributed by atoms with Gasteiger partial charge < -0.3 is 5.73 Å². The molecule has 0 aliphatic carbocycles. The summed E-state index contributed by atoms with van der Waals surface area (Å²) in [4.78, 5) is 31.2. The van der Waals surface area contributed by atoms with Crippen LogP contribution in [0.5, 0.6) is 0 Å². The number of halogens is 1. The van der Waals surface area contributed by atoms with Crippen LogP contribution < -0.4 is 10.7 Å². The zero-order valence-electron chi connectivity index (χ0n) is 19.4. The molecule has 0 bridgehead atoms. The molecule has 2 amide bonds. The Labute approximate surface area is 226 Å². The molecule has 0 spiro atoms. The fourth-order valence-corrected chi connectivity index (χ4v) is 5.51. The van der Waals surface area contributed by atoms with Crippen molar-refractivity contribution in [3.63, 3.8) is 0 Å². The van der Waals surface area contributed by atoms with Crippen LogP contribution in [0.25, 0.3) is 11.3 Å². The number of nitrogens with two attached hydrogens (primary N) is 1. The summed E-state index contributed by atoms with van der Waals surface area (Å²) in [7, 11) is 0. The Kier molecular flexibility index (Phi) is 6.95. The van der Waals surface area contributed by atoms with Crippen LogP contribution in [0.3, 0.4) is 0 Å². The Hall–Kier alpha value is -4.13. The Balaban J connectivity index is 1.63. The minimum absolute atomic E-state index is 0.373. The molecule has 0 radical (unpaired) electrons. The van der Waals surface area contributed by atoms with E-state index in [4.69, 9.17) is 10.8 Å². The molecule has 0 fully saturated rings. The van der Waals surface area contributed by atoms with E-state index in [0.717, 1.165) is 15.7 Å². The third kappa shape index (κ3) is 4.81. The molecule has 3 aromatic carbocycles. The van der Waals surface area contributed by atoms with Gasteiger partial charge in [0.15, 0.2) is 0 Å². The van der Waals surface area contributed by atoms with Gasteiger partial charge >= 0.3 is 0 Å². The number of anilines is 1. The summed E-state index contributed by atoms with van der Waals surface area (Å²) in [6, 6.07) is 28.2. The number of hydrogen-bond acceptors (Lipinski definition) is 6. The van der Waals surface area contributed by atoms with Gasteiger partial charge in [-0.05, 0) is 23.3 Å². The van der Waals surface area contributed by atoms with Gasteiger partial charge in [-0.1, -0.05) is 88.7 Å². The van der Waals surface area contributed by atoms with Gasteiger partial charge in [-0.15, -0.1) is 11.3 Å². The van der Waals surface area contributed by atoms with Crippen molar-refractivity contribution in [3.05, 3.63) is 106 Å². The van der Waals surface area contributed by atoms with Crippen LogP contribution in [-0.4, -0.2) is 22.5 Å². The SMILES string of the molecule is N#CC(C(N)=O)C(c1ccc(Br)cc1)C1C(=O)N(c2nc(-c3ccccc3)cs2)N=C1c1ccccc1. The van der Waals surface area contributed by atoms with Gasteiger partial charge in [0.05, 0.1) is 23.4 Å². The largest absolute Gasteiger partial charge is 0.369 e. The first-order valence-corrected chi connectivity index (χ1v) is 13.1. The second-order valence-electron chi connectivity index (χ2n) is 8.45. The van der Waals surface area contributed by atoms with Crippen molar-refractivity contribution in [1.29, 1.82) is 5.26 Å². The van der Waals surface area contributed by atoms with E-state index in [9.17, 15) is 14.9 Å². The average Bonchev–Trinajstić information content (AvgIpc) is 3.54. The molecule has 3 unspecified atom stereocenters. The number of benzene rings is 3. The molecule has 0 saturated carbocycles. The van der Waals surface area contributed by atoms with E-state index in [1.54, 1.807) is 24.3 Å². The van der Waals surface area contributed by atoms with Crippen molar-refractivity contribution in [2.24, 2.45) is 22.7 Å². The van der Waals surface area contributed by atoms with E-state index in [-0.39, 0.29) is 5.91 Å². The highest BCUT2D eigenvalue weighted by Gasteiger charge is 2.48. The highest BCUT2D eigenvalue weighted by Crippen LogP contribution is 2.41. The number of carbonyl (C=O) groups is 2. The molecule has 182 valence electrons. The predicted molar refractivity (Wildman–Crippen MR) is 147 cm³/mol. The molecule has 5 rings (SSSR count). The molecule has 1 aliphatic heterocycles. The highest BCUT2D eigenvalue weighted by atomic mass is 79.9. The fourth-order valence-electron chi connectivity index (χ4n) is 4.46.